The number of benzene rings is 1. The van der Waals surface area contributed by atoms with Gasteiger partial charge in [0.05, 0.1) is 11.7 Å². The maximum absolute atomic E-state index is 13.2. The van der Waals surface area contributed by atoms with Gasteiger partial charge in [-0.3, -0.25) is 4.68 Å². The number of thioether (sulfide) groups is 1. The van der Waals surface area contributed by atoms with Gasteiger partial charge >= 0.3 is 0 Å². The minimum atomic E-state index is -0.188. The minimum Gasteiger partial charge on any atom is -0.311 e. The highest BCUT2D eigenvalue weighted by atomic mass is 32.2. The van der Waals surface area contributed by atoms with Gasteiger partial charge in [-0.15, -0.1) is 11.8 Å². The number of hydrogen-bond donors (Lipinski definition) is 1. The summed E-state index contributed by atoms with van der Waals surface area (Å²) in [5.41, 5.74) is 1.18. The van der Waals surface area contributed by atoms with E-state index in [1.165, 1.54) is 11.8 Å². The average Bonchev–Trinajstić information content (AvgIpc) is 2.89. The van der Waals surface area contributed by atoms with Gasteiger partial charge in [0.25, 0.3) is 0 Å². The van der Waals surface area contributed by atoms with Crippen molar-refractivity contribution in [1.29, 1.82) is 0 Å². The van der Waals surface area contributed by atoms with Crippen molar-refractivity contribution in [2.24, 2.45) is 0 Å². The molecule has 2 rings (SSSR count). The summed E-state index contributed by atoms with van der Waals surface area (Å²) in [5.74, 6) is 0.655. The van der Waals surface area contributed by atoms with E-state index in [9.17, 15) is 4.39 Å². The van der Waals surface area contributed by atoms with E-state index in [2.05, 4.69) is 17.3 Å². The van der Waals surface area contributed by atoms with Gasteiger partial charge in [0.15, 0.2) is 0 Å². The van der Waals surface area contributed by atoms with Gasteiger partial charge < -0.3 is 5.32 Å². The van der Waals surface area contributed by atoms with E-state index in [1.807, 2.05) is 30.1 Å². The molecule has 20 heavy (non-hydrogen) atoms. The molecule has 1 heterocycles. The Hall–Kier alpha value is -1.33. The second-order valence-electron chi connectivity index (χ2n) is 4.59. The molecule has 1 atom stereocenters. The summed E-state index contributed by atoms with van der Waals surface area (Å²) in [4.78, 5) is 0.951. The molecular weight excluding hydrogens is 273 g/mol. The van der Waals surface area contributed by atoms with E-state index < -0.39 is 0 Å². The summed E-state index contributed by atoms with van der Waals surface area (Å²) < 4.78 is 15.2. The first-order chi connectivity index (χ1) is 9.74. The highest BCUT2D eigenvalue weighted by Gasteiger charge is 2.14. The van der Waals surface area contributed by atoms with Crippen molar-refractivity contribution in [3.63, 3.8) is 0 Å². The number of rotatable bonds is 7. The van der Waals surface area contributed by atoms with Crippen LogP contribution in [-0.4, -0.2) is 22.6 Å². The summed E-state index contributed by atoms with van der Waals surface area (Å²) in [6.45, 7) is 3.06. The van der Waals surface area contributed by atoms with E-state index >= 15 is 0 Å². The Morgan fingerprint density at radius 1 is 1.40 bits per heavy atom. The maximum Gasteiger partial charge on any atom is 0.124 e. The zero-order chi connectivity index (χ0) is 14.4. The Labute approximate surface area is 123 Å². The summed E-state index contributed by atoms with van der Waals surface area (Å²) in [5, 5.41) is 7.66. The molecule has 0 radical (unpaired) electrons. The number of nitrogens with one attached hydrogen (secondary N) is 1. The quantitative estimate of drug-likeness (QED) is 0.793. The van der Waals surface area contributed by atoms with E-state index in [-0.39, 0.29) is 11.9 Å². The van der Waals surface area contributed by atoms with Crippen LogP contribution >= 0.6 is 11.8 Å². The molecule has 1 unspecified atom stereocenters. The van der Waals surface area contributed by atoms with Crippen LogP contribution in [0, 0.1) is 5.82 Å². The Morgan fingerprint density at radius 2 is 2.25 bits per heavy atom. The van der Waals surface area contributed by atoms with Crippen molar-refractivity contribution in [2.75, 3.05) is 12.8 Å². The molecule has 0 bridgehead atoms. The Balaban J connectivity index is 2.03. The van der Waals surface area contributed by atoms with Gasteiger partial charge in [-0.05, 0) is 37.7 Å². The van der Waals surface area contributed by atoms with E-state index in [0.29, 0.717) is 0 Å². The third kappa shape index (κ3) is 3.84. The van der Waals surface area contributed by atoms with E-state index in [1.54, 1.807) is 23.9 Å². The molecule has 1 aromatic heterocycles. The average molecular weight is 293 g/mol. The van der Waals surface area contributed by atoms with Gasteiger partial charge in [-0.1, -0.05) is 13.0 Å². The first kappa shape index (κ1) is 15.1. The lowest BCUT2D eigenvalue weighted by atomic mass is 10.2. The molecule has 0 spiro atoms. The Bertz CT molecular complexity index is 541. The summed E-state index contributed by atoms with van der Waals surface area (Å²) >= 11 is 1.65. The predicted molar refractivity (Wildman–Crippen MR) is 81.4 cm³/mol. The summed E-state index contributed by atoms with van der Waals surface area (Å²) in [6, 6.07) is 8.97. The van der Waals surface area contributed by atoms with E-state index in [4.69, 9.17) is 0 Å². The molecule has 0 saturated heterocycles. The lowest BCUT2D eigenvalue weighted by molar-refractivity contribution is 0.524. The topological polar surface area (TPSA) is 29.9 Å². The molecule has 0 saturated carbocycles. The van der Waals surface area contributed by atoms with Crippen molar-refractivity contribution < 1.29 is 4.39 Å². The molecule has 0 fully saturated rings. The van der Waals surface area contributed by atoms with Gasteiger partial charge in [-0.25, -0.2) is 4.39 Å². The lowest BCUT2D eigenvalue weighted by Crippen LogP contribution is -2.22. The lowest BCUT2D eigenvalue weighted by Gasteiger charge is -2.17. The van der Waals surface area contributed by atoms with Crippen molar-refractivity contribution in [3.8, 4) is 0 Å². The SMILES string of the molecule is CCCn1nccc1C(CSc1cccc(F)c1)NC. The molecule has 3 nitrogen and oxygen atoms in total. The van der Waals surface area contributed by atoms with Crippen LogP contribution in [0.3, 0.4) is 0 Å². The molecule has 5 heteroatoms. The van der Waals surface area contributed by atoms with Crippen LogP contribution in [0.1, 0.15) is 25.1 Å². The minimum absolute atomic E-state index is 0.188. The standard InChI is InChI=1S/C15H20FN3S/c1-3-9-19-15(7-8-18-19)14(17-2)11-20-13-6-4-5-12(16)10-13/h4-8,10,14,17H,3,9,11H2,1-2H3. The second kappa shape index (κ2) is 7.45. The molecular formula is C15H20FN3S. The van der Waals surface area contributed by atoms with Crippen LogP contribution in [0.25, 0.3) is 0 Å². The molecule has 0 amide bonds. The molecule has 1 aromatic carbocycles. The predicted octanol–water partition coefficient (Wildman–Crippen LogP) is 3.49. The molecule has 108 valence electrons. The van der Waals surface area contributed by atoms with Crippen molar-refractivity contribution in [2.45, 2.75) is 30.8 Å². The van der Waals surface area contributed by atoms with Gasteiger partial charge in [0.2, 0.25) is 0 Å². The van der Waals surface area contributed by atoms with Crippen molar-refractivity contribution >= 4 is 11.8 Å². The maximum atomic E-state index is 13.2. The van der Waals surface area contributed by atoms with Crippen LogP contribution in [0.5, 0.6) is 0 Å². The van der Waals surface area contributed by atoms with Gasteiger partial charge in [0, 0.05) is 23.4 Å². The van der Waals surface area contributed by atoms with Crippen LogP contribution in [0.15, 0.2) is 41.4 Å². The highest BCUT2D eigenvalue weighted by Crippen LogP contribution is 2.25. The Kier molecular flexibility index (Phi) is 5.61. The molecule has 2 aromatic rings. The smallest absolute Gasteiger partial charge is 0.124 e. The Morgan fingerprint density at radius 3 is 2.95 bits per heavy atom. The third-order valence-electron chi connectivity index (χ3n) is 3.10. The molecule has 0 aliphatic rings. The number of halogens is 1. The largest absolute Gasteiger partial charge is 0.311 e. The molecule has 0 aliphatic carbocycles. The number of hydrogen-bond acceptors (Lipinski definition) is 3. The zero-order valence-electron chi connectivity index (χ0n) is 11.8. The third-order valence-corrected chi connectivity index (χ3v) is 4.19. The van der Waals surface area contributed by atoms with Crippen molar-refractivity contribution in [3.05, 3.63) is 48.0 Å². The number of nitrogens with zero attached hydrogens (tertiary/aromatic N) is 2. The van der Waals surface area contributed by atoms with Gasteiger partial charge in [-0.2, -0.15) is 5.10 Å². The first-order valence-corrected chi connectivity index (χ1v) is 7.80. The van der Waals surface area contributed by atoms with Gasteiger partial charge in [0.1, 0.15) is 5.82 Å². The van der Waals surface area contributed by atoms with Crippen LogP contribution in [0.4, 0.5) is 4.39 Å². The molecule has 1 N–H and O–H groups in total. The molecule has 0 aliphatic heterocycles. The fraction of sp³-hybridized carbons (Fsp3) is 0.400. The zero-order valence-corrected chi connectivity index (χ0v) is 12.7. The summed E-state index contributed by atoms with van der Waals surface area (Å²) in [7, 11) is 1.94. The van der Waals surface area contributed by atoms with Crippen LogP contribution in [0.2, 0.25) is 0 Å². The van der Waals surface area contributed by atoms with Crippen LogP contribution in [-0.2, 0) is 6.54 Å². The number of aromatic nitrogens is 2. The fourth-order valence-electron chi connectivity index (χ4n) is 2.09. The monoisotopic (exact) mass is 293 g/mol. The van der Waals surface area contributed by atoms with Crippen molar-refractivity contribution in [1.82, 2.24) is 15.1 Å². The second-order valence-corrected chi connectivity index (χ2v) is 5.68. The fourth-order valence-corrected chi connectivity index (χ4v) is 3.16. The highest BCUT2D eigenvalue weighted by molar-refractivity contribution is 7.99. The van der Waals surface area contributed by atoms with Crippen LogP contribution < -0.4 is 5.32 Å². The normalized spacial score (nSPS) is 12.6. The first-order valence-electron chi connectivity index (χ1n) is 6.82. The summed E-state index contributed by atoms with van der Waals surface area (Å²) in [6.07, 6.45) is 2.89. The number of aryl methyl sites for hydroxylation is 1. The van der Waals surface area contributed by atoms with E-state index in [0.717, 1.165) is 23.6 Å².